The van der Waals surface area contributed by atoms with Gasteiger partial charge in [-0.05, 0) is 30.3 Å². The summed E-state index contributed by atoms with van der Waals surface area (Å²) in [6.45, 7) is 2.99. The number of hydrogen-bond donors (Lipinski definition) is 0. The summed E-state index contributed by atoms with van der Waals surface area (Å²) in [6, 6.07) is 15.4. The van der Waals surface area contributed by atoms with Crippen LogP contribution in [0.2, 0.25) is 5.02 Å². The van der Waals surface area contributed by atoms with Crippen LogP contribution in [-0.2, 0) is 11.2 Å². The summed E-state index contributed by atoms with van der Waals surface area (Å²) in [4.78, 5) is 16.8. The predicted octanol–water partition coefficient (Wildman–Crippen LogP) is 3.37. The lowest BCUT2D eigenvalue weighted by Crippen LogP contribution is -2.49. The van der Waals surface area contributed by atoms with E-state index in [0.29, 0.717) is 18.8 Å². The van der Waals surface area contributed by atoms with E-state index in [9.17, 15) is 4.79 Å². The number of anilines is 1. The molecule has 2 heterocycles. The zero-order valence-electron chi connectivity index (χ0n) is 13.7. The Labute approximate surface area is 150 Å². The highest BCUT2D eigenvalue weighted by atomic mass is 35.5. The van der Waals surface area contributed by atoms with E-state index in [1.165, 1.54) is 0 Å². The fourth-order valence-electron chi connectivity index (χ4n) is 3.21. The van der Waals surface area contributed by atoms with Crippen molar-refractivity contribution in [2.75, 3.05) is 31.1 Å². The molecule has 0 bridgehead atoms. The van der Waals surface area contributed by atoms with E-state index in [4.69, 9.17) is 16.1 Å². The molecule has 0 radical (unpaired) electrons. The van der Waals surface area contributed by atoms with Gasteiger partial charge in [0, 0.05) is 42.3 Å². The molecule has 4 rings (SSSR count). The molecule has 3 aromatic rings. The van der Waals surface area contributed by atoms with Crippen molar-refractivity contribution in [1.29, 1.82) is 0 Å². The Morgan fingerprint density at radius 3 is 2.68 bits per heavy atom. The first kappa shape index (κ1) is 16.0. The minimum absolute atomic E-state index is 0.0878. The molecule has 1 aliphatic rings. The number of piperazine rings is 1. The Morgan fingerprint density at radius 2 is 1.88 bits per heavy atom. The van der Waals surface area contributed by atoms with Crippen LogP contribution in [0.4, 0.5) is 5.69 Å². The van der Waals surface area contributed by atoms with Gasteiger partial charge >= 0.3 is 0 Å². The molecule has 5 nitrogen and oxygen atoms in total. The van der Waals surface area contributed by atoms with Crippen molar-refractivity contribution in [3.8, 4) is 0 Å². The second-order valence-electron chi connectivity index (χ2n) is 6.15. The van der Waals surface area contributed by atoms with Gasteiger partial charge in [-0.25, -0.2) is 0 Å². The monoisotopic (exact) mass is 355 g/mol. The molecule has 128 valence electrons. The van der Waals surface area contributed by atoms with Gasteiger partial charge < -0.3 is 14.3 Å². The van der Waals surface area contributed by atoms with Crippen LogP contribution < -0.4 is 4.90 Å². The summed E-state index contributed by atoms with van der Waals surface area (Å²) >= 11 is 6.06. The number of hydrogen-bond acceptors (Lipinski definition) is 4. The second kappa shape index (κ2) is 6.76. The molecule has 0 unspecified atom stereocenters. The Bertz CT molecular complexity index is 900. The summed E-state index contributed by atoms with van der Waals surface area (Å²) in [5, 5.41) is 5.70. The van der Waals surface area contributed by atoms with Crippen LogP contribution in [0.5, 0.6) is 0 Å². The van der Waals surface area contributed by atoms with Crippen LogP contribution in [0.1, 0.15) is 5.69 Å². The number of amides is 1. The average Bonchev–Trinajstić information content (AvgIpc) is 3.05. The quantitative estimate of drug-likeness (QED) is 0.722. The number of rotatable bonds is 3. The number of benzene rings is 2. The van der Waals surface area contributed by atoms with Crippen LogP contribution >= 0.6 is 11.6 Å². The molecule has 2 aromatic carbocycles. The van der Waals surface area contributed by atoms with E-state index in [-0.39, 0.29) is 12.3 Å². The van der Waals surface area contributed by atoms with Gasteiger partial charge in [-0.15, -0.1) is 0 Å². The van der Waals surface area contributed by atoms with Crippen molar-refractivity contribution in [3.63, 3.8) is 0 Å². The number of para-hydroxylation sites is 1. The molecule has 0 atom stereocenters. The zero-order valence-corrected chi connectivity index (χ0v) is 14.4. The Balaban J connectivity index is 1.40. The molecule has 0 N–H and O–H groups in total. The molecular weight excluding hydrogens is 338 g/mol. The molecule has 0 saturated carbocycles. The third-order valence-corrected chi connectivity index (χ3v) is 4.81. The van der Waals surface area contributed by atoms with E-state index >= 15 is 0 Å². The molecule has 25 heavy (non-hydrogen) atoms. The number of aromatic nitrogens is 1. The molecule has 0 spiro atoms. The van der Waals surface area contributed by atoms with Crippen LogP contribution in [0, 0.1) is 0 Å². The number of halogens is 1. The average molecular weight is 356 g/mol. The molecule has 1 saturated heterocycles. The van der Waals surface area contributed by atoms with Crippen molar-refractivity contribution in [2.45, 2.75) is 6.42 Å². The highest BCUT2D eigenvalue weighted by Gasteiger charge is 2.23. The second-order valence-corrected chi connectivity index (χ2v) is 6.59. The van der Waals surface area contributed by atoms with Crippen LogP contribution in [0.3, 0.4) is 0 Å². The van der Waals surface area contributed by atoms with Gasteiger partial charge in [0.05, 0.1) is 6.42 Å². The van der Waals surface area contributed by atoms with Crippen LogP contribution in [0.25, 0.3) is 11.0 Å². The summed E-state index contributed by atoms with van der Waals surface area (Å²) < 4.78 is 5.28. The van der Waals surface area contributed by atoms with Crippen molar-refractivity contribution in [3.05, 3.63) is 59.2 Å². The highest BCUT2D eigenvalue weighted by molar-refractivity contribution is 6.30. The Hall–Kier alpha value is -2.53. The lowest BCUT2D eigenvalue weighted by molar-refractivity contribution is -0.130. The SMILES string of the molecule is O=C(Cc1noc2ccccc12)N1CCN(c2cccc(Cl)c2)CC1. The van der Waals surface area contributed by atoms with Gasteiger partial charge in [-0.2, -0.15) is 0 Å². The number of fused-ring (bicyclic) bond motifs is 1. The molecular formula is C19H18ClN3O2. The molecule has 1 aliphatic heterocycles. The number of nitrogens with zero attached hydrogens (tertiary/aromatic N) is 3. The first-order valence-corrected chi connectivity index (χ1v) is 8.70. The fourth-order valence-corrected chi connectivity index (χ4v) is 3.39. The van der Waals surface area contributed by atoms with Gasteiger partial charge in [0.1, 0.15) is 5.69 Å². The van der Waals surface area contributed by atoms with E-state index < -0.39 is 0 Å². The van der Waals surface area contributed by atoms with Crippen molar-refractivity contribution in [2.24, 2.45) is 0 Å². The summed E-state index contributed by atoms with van der Waals surface area (Å²) in [7, 11) is 0. The Morgan fingerprint density at radius 1 is 1.08 bits per heavy atom. The van der Waals surface area contributed by atoms with Gasteiger partial charge in [0.15, 0.2) is 5.58 Å². The topological polar surface area (TPSA) is 49.6 Å². The van der Waals surface area contributed by atoms with Gasteiger partial charge in [0.2, 0.25) is 5.91 Å². The predicted molar refractivity (Wildman–Crippen MR) is 98.0 cm³/mol. The third-order valence-electron chi connectivity index (χ3n) is 4.58. The summed E-state index contributed by atoms with van der Waals surface area (Å²) in [6.07, 6.45) is 0.272. The first-order valence-electron chi connectivity index (χ1n) is 8.32. The van der Waals surface area contributed by atoms with E-state index in [1.807, 2.05) is 53.4 Å². The van der Waals surface area contributed by atoms with Crippen molar-refractivity contribution < 1.29 is 9.32 Å². The largest absolute Gasteiger partial charge is 0.368 e. The Kier molecular flexibility index (Phi) is 4.32. The van der Waals surface area contributed by atoms with E-state index in [0.717, 1.165) is 34.8 Å². The molecule has 0 aliphatic carbocycles. The molecule has 1 amide bonds. The standard InChI is InChI=1S/C19H18ClN3O2/c20-14-4-3-5-15(12-14)22-8-10-23(11-9-22)19(24)13-17-16-6-1-2-7-18(16)25-21-17/h1-7,12H,8-11,13H2. The van der Waals surface area contributed by atoms with Gasteiger partial charge in [0.25, 0.3) is 0 Å². The first-order chi connectivity index (χ1) is 12.2. The fraction of sp³-hybridized carbons (Fsp3) is 0.263. The number of carbonyl (C=O) groups is 1. The van der Waals surface area contributed by atoms with E-state index in [1.54, 1.807) is 0 Å². The smallest absolute Gasteiger partial charge is 0.228 e. The molecule has 1 fully saturated rings. The van der Waals surface area contributed by atoms with E-state index in [2.05, 4.69) is 10.1 Å². The normalized spacial score (nSPS) is 14.9. The maximum absolute atomic E-state index is 12.6. The van der Waals surface area contributed by atoms with Crippen LogP contribution in [0.15, 0.2) is 53.1 Å². The maximum Gasteiger partial charge on any atom is 0.228 e. The van der Waals surface area contributed by atoms with Crippen molar-refractivity contribution >= 4 is 34.2 Å². The maximum atomic E-state index is 12.6. The number of carbonyl (C=O) groups excluding carboxylic acids is 1. The van der Waals surface area contributed by atoms with Gasteiger partial charge in [-0.3, -0.25) is 4.79 Å². The van der Waals surface area contributed by atoms with Crippen molar-refractivity contribution in [1.82, 2.24) is 10.1 Å². The third kappa shape index (κ3) is 3.33. The lowest BCUT2D eigenvalue weighted by Gasteiger charge is -2.36. The summed E-state index contributed by atoms with van der Waals surface area (Å²) in [5.74, 6) is 0.0878. The molecule has 1 aromatic heterocycles. The molecule has 6 heteroatoms. The van der Waals surface area contributed by atoms with Crippen LogP contribution in [-0.4, -0.2) is 42.1 Å². The minimum Gasteiger partial charge on any atom is -0.368 e. The lowest BCUT2D eigenvalue weighted by atomic mass is 10.1. The zero-order chi connectivity index (χ0) is 17.2. The minimum atomic E-state index is 0.0878. The van der Waals surface area contributed by atoms with Gasteiger partial charge in [-0.1, -0.05) is 35.0 Å². The summed E-state index contributed by atoms with van der Waals surface area (Å²) in [5.41, 5.74) is 2.52. The highest BCUT2D eigenvalue weighted by Crippen LogP contribution is 2.22.